The van der Waals surface area contributed by atoms with Crippen molar-refractivity contribution in [3.05, 3.63) is 0 Å². The molecule has 1 unspecified atom stereocenters. The molecule has 25 heavy (non-hydrogen) atoms. The Morgan fingerprint density at radius 1 is 1.24 bits per heavy atom. The average Bonchev–Trinajstić information content (AvgIpc) is 2.80. The van der Waals surface area contributed by atoms with Gasteiger partial charge < -0.3 is 27.0 Å². The van der Waals surface area contributed by atoms with Crippen molar-refractivity contribution in [1.82, 2.24) is 5.32 Å². The van der Waals surface area contributed by atoms with Crippen LogP contribution in [0.3, 0.4) is 0 Å². The number of carbonyl (C=O) groups excluding carboxylic acids is 1. The first kappa shape index (κ1) is 21.2. The van der Waals surface area contributed by atoms with Gasteiger partial charge in [0.05, 0.1) is 18.1 Å². The van der Waals surface area contributed by atoms with Gasteiger partial charge in [-0.05, 0) is 25.2 Å². The van der Waals surface area contributed by atoms with Gasteiger partial charge in [-0.15, -0.1) is 0 Å². The molecule has 1 rings (SSSR count). The van der Waals surface area contributed by atoms with E-state index in [1.807, 2.05) is 0 Å². The molecule has 0 heterocycles. The Bertz CT molecular complexity index is 487. The highest BCUT2D eigenvalue weighted by Crippen LogP contribution is 2.40. The van der Waals surface area contributed by atoms with Crippen LogP contribution in [-0.2, 0) is 9.59 Å². The van der Waals surface area contributed by atoms with Crippen LogP contribution in [0, 0.1) is 17.8 Å². The molecule has 1 aliphatic carbocycles. The fraction of sp³-hybridized carbons (Fsp3) is 0.824. The van der Waals surface area contributed by atoms with Crippen LogP contribution in [0.5, 0.6) is 0 Å². The minimum absolute atomic E-state index is 0.128. The van der Waals surface area contributed by atoms with Gasteiger partial charge in [0, 0.05) is 18.9 Å². The number of nitrogens with one attached hydrogen (secondary N) is 1. The van der Waals surface area contributed by atoms with Gasteiger partial charge in [0.15, 0.2) is 5.96 Å². The molecule has 0 radical (unpaired) electrons. The summed E-state index contributed by atoms with van der Waals surface area (Å²) in [6.07, 6.45) is 2.64. The number of aliphatic carboxylic acids is 1. The number of carbonyl (C=O) groups is 2. The maximum Gasteiger partial charge on any atom is 0.309 e. The van der Waals surface area contributed by atoms with Crippen LogP contribution in [0.1, 0.15) is 52.9 Å². The van der Waals surface area contributed by atoms with E-state index in [0.29, 0.717) is 0 Å². The maximum absolute atomic E-state index is 11.8. The molecule has 0 aromatic carbocycles. The third kappa shape index (κ3) is 5.59. The fourth-order valence-corrected chi connectivity index (χ4v) is 4.09. The molecule has 144 valence electrons. The van der Waals surface area contributed by atoms with Crippen molar-refractivity contribution in [3.8, 4) is 0 Å². The van der Waals surface area contributed by atoms with E-state index < -0.39 is 30.0 Å². The molecular weight excluding hydrogens is 324 g/mol. The summed E-state index contributed by atoms with van der Waals surface area (Å²) in [5, 5.41) is 23.0. The topological polar surface area (TPSA) is 151 Å². The fourth-order valence-electron chi connectivity index (χ4n) is 4.09. The molecule has 1 fully saturated rings. The molecule has 8 heteroatoms. The smallest absolute Gasteiger partial charge is 0.309 e. The van der Waals surface area contributed by atoms with Gasteiger partial charge in [-0.2, -0.15) is 0 Å². The van der Waals surface area contributed by atoms with Crippen LogP contribution in [0.15, 0.2) is 4.99 Å². The Kier molecular flexibility index (Phi) is 8.15. The first-order chi connectivity index (χ1) is 11.7. The van der Waals surface area contributed by atoms with Gasteiger partial charge in [-0.1, -0.05) is 26.7 Å². The molecule has 7 N–H and O–H groups in total. The first-order valence-electron chi connectivity index (χ1n) is 8.99. The highest BCUT2D eigenvalue weighted by atomic mass is 16.4. The maximum atomic E-state index is 11.8. The van der Waals surface area contributed by atoms with E-state index in [0.717, 1.165) is 25.7 Å². The molecule has 0 aromatic heterocycles. The van der Waals surface area contributed by atoms with Crippen molar-refractivity contribution in [2.75, 3.05) is 0 Å². The van der Waals surface area contributed by atoms with Gasteiger partial charge in [0.1, 0.15) is 0 Å². The highest BCUT2D eigenvalue weighted by molar-refractivity contribution is 5.76. The van der Waals surface area contributed by atoms with Crippen LogP contribution in [0.4, 0.5) is 0 Å². The number of rotatable bonds is 9. The SMILES string of the molecule is CCCC(CCC)C(NC(C)=O)[C@H]1[C@@H](O)[C@H](C(=O)O)C[C@@H]1N=C(N)N. The molecule has 0 saturated heterocycles. The number of aliphatic hydroxyl groups is 1. The Morgan fingerprint density at radius 3 is 2.20 bits per heavy atom. The van der Waals surface area contributed by atoms with E-state index in [2.05, 4.69) is 24.2 Å². The van der Waals surface area contributed by atoms with Crippen LogP contribution in [-0.4, -0.2) is 46.2 Å². The van der Waals surface area contributed by atoms with E-state index in [1.165, 1.54) is 6.92 Å². The van der Waals surface area contributed by atoms with Gasteiger partial charge in [0.25, 0.3) is 0 Å². The van der Waals surface area contributed by atoms with Crippen LogP contribution >= 0.6 is 0 Å². The average molecular weight is 356 g/mol. The number of nitrogens with zero attached hydrogens (tertiary/aromatic N) is 1. The number of aliphatic imine (C=N–C) groups is 1. The summed E-state index contributed by atoms with van der Waals surface area (Å²) in [5.74, 6) is -2.78. The zero-order chi connectivity index (χ0) is 19.1. The van der Waals surface area contributed by atoms with Crippen LogP contribution in [0.2, 0.25) is 0 Å². The second-order valence-corrected chi connectivity index (χ2v) is 6.93. The van der Waals surface area contributed by atoms with Crippen molar-refractivity contribution >= 4 is 17.8 Å². The number of nitrogens with two attached hydrogens (primary N) is 2. The lowest BCUT2D eigenvalue weighted by Crippen LogP contribution is -2.51. The summed E-state index contributed by atoms with van der Waals surface area (Å²) in [5.41, 5.74) is 11.0. The van der Waals surface area contributed by atoms with E-state index in [-0.39, 0.29) is 30.2 Å². The molecule has 0 aromatic rings. The lowest BCUT2D eigenvalue weighted by atomic mass is 9.79. The van der Waals surface area contributed by atoms with Gasteiger partial charge >= 0.3 is 5.97 Å². The summed E-state index contributed by atoms with van der Waals surface area (Å²) in [4.78, 5) is 27.4. The van der Waals surface area contributed by atoms with Crippen molar-refractivity contribution in [2.45, 2.75) is 71.1 Å². The lowest BCUT2D eigenvalue weighted by Gasteiger charge is -2.36. The third-order valence-electron chi connectivity index (χ3n) is 4.99. The molecule has 1 amide bonds. The highest BCUT2D eigenvalue weighted by Gasteiger charge is 2.51. The standard InChI is InChI=1S/C17H32N4O4/c1-4-6-10(7-5-2)14(20-9(3)22)13-12(21-17(18)19)8-11(15(13)23)16(24)25/h10-15,23H,4-8H2,1-3H3,(H,20,22)(H,24,25)(H4,18,19,21)/t11-,12+,13+,14?,15+/m1/s1. The number of hydrogen-bond acceptors (Lipinski definition) is 4. The summed E-state index contributed by atoms with van der Waals surface area (Å²) in [6, 6.07) is -0.904. The number of amides is 1. The predicted octanol–water partition coefficient (Wildman–Crippen LogP) is 0.431. The van der Waals surface area contributed by atoms with E-state index in [9.17, 15) is 19.8 Å². The summed E-state index contributed by atoms with van der Waals surface area (Å²) in [6.45, 7) is 5.55. The summed E-state index contributed by atoms with van der Waals surface area (Å²) in [7, 11) is 0. The molecule has 0 bridgehead atoms. The van der Waals surface area contributed by atoms with Crippen LogP contribution in [0.25, 0.3) is 0 Å². The Morgan fingerprint density at radius 2 is 1.80 bits per heavy atom. The zero-order valence-corrected chi connectivity index (χ0v) is 15.3. The third-order valence-corrected chi connectivity index (χ3v) is 4.99. The Balaban J connectivity index is 3.26. The molecule has 0 aliphatic heterocycles. The van der Waals surface area contributed by atoms with E-state index in [1.54, 1.807) is 0 Å². The first-order valence-corrected chi connectivity index (χ1v) is 8.99. The molecule has 5 atom stereocenters. The summed E-state index contributed by atoms with van der Waals surface area (Å²) >= 11 is 0. The largest absolute Gasteiger partial charge is 0.481 e. The number of hydrogen-bond donors (Lipinski definition) is 5. The second-order valence-electron chi connectivity index (χ2n) is 6.93. The Hall–Kier alpha value is -1.83. The van der Waals surface area contributed by atoms with Gasteiger partial charge in [-0.25, -0.2) is 4.99 Å². The van der Waals surface area contributed by atoms with Gasteiger partial charge in [0.2, 0.25) is 5.91 Å². The summed E-state index contributed by atoms with van der Waals surface area (Å²) < 4.78 is 0. The molecular formula is C17H32N4O4. The van der Waals surface area contributed by atoms with E-state index in [4.69, 9.17) is 11.5 Å². The zero-order valence-electron chi connectivity index (χ0n) is 15.3. The minimum Gasteiger partial charge on any atom is -0.481 e. The Labute approximate surface area is 149 Å². The van der Waals surface area contributed by atoms with Crippen LogP contribution < -0.4 is 16.8 Å². The van der Waals surface area contributed by atoms with Crippen molar-refractivity contribution in [3.63, 3.8) is 0 Å². The molecule has 8 nitrogen and oxygen atoms in total. The van der Waals surface area contributed by atoms with Gasteiger partial charge in [-0.3, -0.25) is 9.59 Å². The monoisotopic (exact) mass is 356 g/mol. The number of carboxylic acid groups (broad SMARTS) is 1. The normalized spacial score (nSPS) is 27.1. The van der Waals surface area contributed by atoms with E-state index >= 15 is 0 Å². The molecule has 1 aliphatic rings. The predicted molar refractivity (Wildman–Crippen MR) is 95.7 cm³/mol. The quantitative estimate of drug-likeness (QED) is 0.298. The van der Waals surface area contributed by atoms with Crippen molar-refractivity contribution in [1.29, 1.82) is 0 Å². The second kappa shape index (κ2) is 9.60. The number of carboxylic acids is 1. The minimum atomic E-state index is -1.11. The molecule has 1 saturated carbocycles. The van der Waals surface area contributed by atoms with Crippen molar-refractivity contribution < 1.29 is 19.8 Å². The number of aliphatic hydroxyl groups excluding tert-OH is 1. The number of guanidine groups is 1. The molecule has 0 spiro atoms. The van der Waals surface area contributed by atoms with Crippen molar-refractivity contribution in [2.24, 2.45) is 34.2 Å². The lowest BCUT2D eigenvalue weighted by molar-refractivity contribution is -0.145.